The van der Waals surface area contributed by atoms with Crippen LogP contribution in [0.2, 0.25) is 0 Å². The van der Waals surface area contributed by atoms with Crippen molar-refractivity contribution in [2.45, 2.75) is 53.2 Å². The number of methoxy groups -OCH3 is 1. The molecule has 0 amide bonds. The van der Waals surface area contributed by atoms with E-state index in [2.05, 4.69) is 52.1 Å². The van der Waals surface area contributed by atoms with E-state index in [1.807, 2.05) is 0 Å². The Bertz CT molecular complexity index is 387. The molecule has 1 rings (SSSR count). The molecule has 0 spiro atoms. The van der Waals surface area contributed by atoms with Gasteiger partial charge in [0.05, 0.1) is 12.1 Å². The highest BCUT2D eigenvalue weighted by molar-refractivity contribution is 5.38. The summed E-state index contributed by atoms with van der Waals surface area (Å²) in [4.78, 5) is 0. The molecule has 102 valence electrons. The van der Waals surface area contributed by atoms with Crippen LogP contribution in [0.3, 0.4) is 0 Å². The van der Waals surface area contributed by atoms with Gasteiger partial charge in [-0.1, -0.05) is 19.1 Å². The second-order valence-electron chi connectivity index (χ2n) is 5.17. The molecular weight excluding hydrogens is 222 g/mol. The molecule has 0 aliphatic rings. The van der Waals surface area contributed by atoms with E-state index in [0.29, 0.717) is 0 Å². The summed E-state index contributed by atoms with van der Waals surface area (Å²) in [6, 6.07) is 4.84. The Morgan fingerprint density at radius 1 is 1.11 bits per heavy atom. The number of hydrogen-bond donors (Lipinski definition) is 1. The molecule has 0 radical (unpaired) electrons. The highest BCUT2D eigenvalue weighted by Crippen LogP contribution is 2.25. The van der Waals surface area contributed by atoms with E-state index >= 15 is 0 Å². The van der Waals surface area contributed by atoms with Gasteiger partial charge in [0.2, 0.25) is 0 Å². The first-order chi connectivity index (χ1) is 8.51. The Balaban J connectivity index is 3.07. The molecule has 2 heteroatoms. The van der Waals surface area contributed by atoms with Gasteiger partial charge in [0.1, 0.15) is 0 Å². The first-order valence-corrected chi connectivity index (χ1v) is 6.85. The van der Waals surface area contributed by atoms with Crippen molar-refractivity contribution in [1.82, 2.24) is 5.32 Å². The van der Waals surface area contributed by atoms with Gasteiger partial charge in [-0.15, -0.1) is 0 Å². The number of aryl methyl sites for hydroxylation is 3. The Morgan fingerprint density at radius 2 is 1.72 bits per heavy atom. The van der Waals surface area contributed by atoms with Gasteiger partial charge in [0, 0.05) is 7.11 Å². The van der Waals surface area contributed by atoms with Crippen molar-refractivity contribution in [3.8, 4) is 0 Å². The van der Waals surface area contributed by atoms with Crippen molar-refractivity contribution in [2.75, 3.05) is 13.7 Å². The van der Waals surface area contributed by atoms with E-state index in [1.54, 1.807) is 7.11 Å². The Morgan fingerprint density at radius 3 is 2.28 bits per heavy atom. The van der Waals surface area contributed by atoms with Crippen molar-refractivity contribution < 1.29 is 4.74 Å². The fraction of sp³-hybridized carbons (Fsp3) is 0.625. The molecule has 1 aromatic rings. The highest BCUT2D eigenvalue weighted by atomic mass is 16.5. The molecule has 0 fully saturated rings. The van der Waals surface area contributed by atoms with Gasteiger partial charge in [0.15, 0.2) is 0 Å². The van der Waals surface area contributed by atoms with Crippen molar-refractivity contribution in [3.05, 3.63) is 34.4 Å². The smallest absolute Gasteiger partial charge is 0.0737 e. The average Bonchev–Trinajstić information content (AvgIpc) is 2.35. The molecule has 0 bridgehead atoms. The predicted molar refractivity (Wildman–Crippen MR) is 78.2 cm³/mol. The van der Waals surface area contributed by atoms with Crippen LogP contribution in [-0.2, 0) is 4.74 Å². The zero-order chi connectivity index (χ0) is 13.7. The summed E-state index contributed by atoms with van der Waals surface area (Å²) in [6.07, 6.45) is 1.31. The van der Waals surface area contributed by atoms with Crippen LogP contribution in [0.5, 0.6) is 0 Å². The minimum atomic E-state index is 0.178. The first kappa shape index (κ1) is 15.2. The Labute approximate surface area is 112 Å². The van der Waals surface area contributed by atoms with Gasteiger partial charge in [-0.3, -0.25) is 0 Å². The molecule has 0 aromatic heterocycles. The molecule has 0 aliphatic carbocycles. The summed E-state index contributed by atoms with van der Waals surface area (Å²) in [5.74, 6) is 0. The minimum absolute atomic E-state index is 0.178. The fourth-order valence-electron chi connectivity index (χ4n) is 2.28. The van der Waals surface area contributed by atoms with Crippen molar-refractivity contribution in [3.63, 3.8) is 0 Å². The normalized spacial score (nSPS) is 14.6. The SMILES string of the molecule is CCCNC(c1cc(C)c(C)cc1C)C(C)OC. The van der Waals surface area contributed by atoms with Gasteiger partial charge in [-0.05, 0) is 62.9 Å². The van der Waals surface area contributed by atoms with Crippen molar-refractivity contribution in [1.29, 1.82) is 0 Å². The lowest BCUT2D eigenvalue weighted by atomic mass is 9.93. The lowest BCUT2D eigenvalue weighted by molar-refractivity contribution is 0.0828. The highest BCUT2D eigenvalue weighted by Gasteiger charge is 2.20. The van der Waals surface area contributed by atoms with Crippen LogP contribution in [0.15, 0.2) is 12.1 Å². The van der Waals surface area contributed by atoms with Crippen LogP contribution >= 0.6 is 0 Å². The molecule has 0 saturated heterocycles. The topological polar surface area (TPSA) is 21.3 Å². The third-order valence-corrected chi connectivity index (χ3v) is 3.67. The summed E-state index contributed by atoms with van der Waals surface area (Å²) in [6.45, 7) is 11.9. The number of rotatable bonds is 6. The number of ether oxygens (including phenoxy) is 1. The van der Waals surface area contributed by atoms with Gasteiger partial charge in [-0.25, -0.2) is 0 Å². The van der Waals surface area contributed by atoms with Gasteiger partial charge in [0.25, 0.3) is 0 Å². The standard InChI is InChI=1S/C16H27NO/c1-7-8-17-16(14(5)18-6)15-10-12(3)11(2)9-13(15)4/h9-10,14,16-17H,7-8H2,1-6H3. The van der Waals surface area contributed by atoms with E-state index in [4.69, 9.17) is 4.74 Å². The second kappa shape index (κ2) is 6.91. The lowest BCUT2D eigenvalue weighted by Gasteiger charge is -2.27. The summed E-state index contributed by atoms with van der Waals surface area (Å²) < 4.78 is 5.53. The molecule has 1 N–H and O–H groups in total. The molecule has 2 atom stereocenters. The molecular formula is C16H27NO. The molecule has 18 heavy (non-hydrogen) atoms. The largest absolute Gasteiger partial charge is 0.380 e. The number of benzene rings is 1. The third-order valence-electron chi connectivity index (χ3n) is 3.67. The summed E-state index contributed by atoms with van der Waals surface area (Å²) in [5, 5.41) is 3.60. The Kier molecular flexibility index (Phi) is 5.83. The maximum atomic E-state index is 5.53. The van der Waals surface area contributed by atoms with Crippen LogP contribution in [0.1, 0.15) is 48.6 Å². The molecule has 2 nitrogen and oxygen atoms in total. The van der Waals surface area contributed by atoms with Crippen LogP contribution in [0.25, 0.3) is 0 Å². The van der Waals surface area contributed by atoms with Crippen LogP contribution in [-0.4, -0.2) is 19.8 Å². The quantitative estimate of drug-likeness (QED) is 0.830. The second-order valence-corrected chi connectivity index (χ2v) is 5.17. The minimum Gasteiger partial charge on any atom is -0.380 e. The summed E-state index contributed by atoms with van der Waals surface area (Å²) in [7, 11) is 1.78. The van der Waals surface area contributed by atoms with Crippen molar-refractivity contribution in [2.24, 2.45) is 0 Å². The first-order valence-electron chi connectivity index (χ1n) is 6.85. The lowest BCUT2D eigenvalue weighted by Crippen LogP contribution is -2.32. The van der Waals surface area contributed by atoms with Gasteiger partial charge in [-0.2, -0.15) is 0 Å². The fourth-order valence-corrected chi connectivity index (χ4v) is 2.28. The van der Waals surface area contributed by atoms with E-state index in [0.717, 1.165) is 13.0 Å². The molecule has 0 saturated carbocycles. The predicted octanol–water partition coefficient (Wildman–Crippen LogP) is 3.69. The molecule has 2 unspecified atom stereocenters. The van der Waals surface area contributed by atoms with Crippen LogP contribution in [0, 0.1) is 20.8 Å². The summed E-state index contributed by atoms with van der Waals surface area (Å²) in [5.41, 5.74) is 5.41. The monoisotopic (exact) mass is 249 g/mol. The number of nitrogens with one attached hydrogen (secondary N) is 1. The van der Waals surface area contributed by atoms with Crippen molar-refractivity contribution >= 4 is 0 Å². The molecule has 0 heterocycles. The molecule has 0 aliphatic heterocycles. The van der Waals surface area contributed by atoms with Crippen LogP contribution < -0.4 is 5.32 Å². The molecule has 1 aromatic carbocycles. The van der Waals surface area contributed by atoms with E-state index in [-0.39, 0.29) is 12.1 Å². The number of hydrogen-bond acceptors (Lipinski definition) is 2. The summed E-state index contributed by atoms with van der Waals surface area (Å²) >= 11 is 0. The van der Waals surface area contributed by atoms with Crippen LogP contribution in [0.4, 0.5) is 0 Å². The van der Waals surface area contributed by atoms with E-state index in [9.17, 15) is 0 Å². The van der Waals surface area contributed by atoms with Gasteiger partial charge >= 0.3 is 0 Å². The third kappa shape index (κ3) is 3.56. The average molecular weight is 249 g/mol. The maximum Gasteiger partial charge on any atom is 0.0737 e. The maximum absolute atomic E-state index is 5.53. The zero-order valence-electron chi connectivity index (χ0n) is 12.6. The van der Waals surface area contributed by atoms with Gasteiger partial charge < -0.3 is 10.1 Å². The zero-order valence-corrected chi connectivity index (χ0v) is 12.6. The van der Waals surface area contributed by atoms with E-state index < -0.39 is 0 Å². The van der Waals surface area contributed by atoms with E-state index in [1.165, 1.54) is 22.3 Å². The Hall–Kier alpha value is -0.860.